The van der Waals surface area contributed by atoms with Crippen LogP contribution in [-0.2, 0) is 4.79 Å². The predicted octanol–water partition coefficient (Wildman–Crippen LogP) is 1.98. The Morgan fingerprint density at radius 2 is 2.24 bits per heavy atom. The zero-order valence-electron chi connectivity index (χ0n) is 11.6. The van der Waals surface area contributed by atoms with E-state index in [0.29, 0.717) is 12.2 Å². The molecule has 0 saturated carbocycles. The van der Waals surface area contributed by atoms with Crippen LogP contribution in [0.3, 0.4) is 0 Å². The molecule has 0 aromatic heterocycles. The standard InChI is InChI=1S/C14H17ClN2O4/c1-21-12-6-11(10(15)5-9(12)14(19)20)17-13(18)8-3-2-4-16-7-8/h5-6,8,16H,2-4,7H2,1H3,(H,17,18)(H,19,20)/t8-/m1/s1. The SMILES string of the molecule is COc1cc(NC(=O)[C@@H]2CCCNC2)c(Cl)cc1C(=O)O. The van der Waals surface area contributed by atoms with Crippen molar-refractivity contribution in [2.75, 3.05) is 25.5 Å². The minimum Gasteiger partial charge on any atom is -0.496 e. The number of hydrogen-bond acceptors (Lipinski definition) is 4. The Bertz CT molecular complexity index is 556. The molecule has 7 heteroatoms. The quantitative estimate of drug-likeness (QED) is 0.791. The highest BCUT2D eigenvalue weighted by atomic mass is 35.5. The number of carboxylic acid groups (broad SMARTS) is 1. The van der Waals surface area contributed by atoms with Gasteiger partial charge in [-0.25, -0.2) is 4.79 Å². The van der Waals surface area contributed by atoms with E-state index in [9.17, 15) is 9.59 Å². The maximum Gasteiger partial charge on any atom is 0.339 e. The number of aromatic carboxylic acids is 1. The molecule has 0 aliphatic carbocycles. The van der Waals surface area contributed by atoms with Gasteiger partial charge < -0.3 is 20.5 Å². The third kappa shape index (κ3) is 3.65. The second kappa shape index (κ2) is 6.78. The molecule has 1 saturated heterocycles. The highest BCUT2D eigenvalue weighted by Crippen LogP contribution is 2.31. The first-order valence-electron chi connectivity index (χ1n) is 6.65. The van der Waals surface area contributed by atoms with Crippen molar-refractivity contribution in [2.45, 2.75) is 12.8 Å². The Balaban J connectivity index is 2.19. The fraction of sp³-hybridized carbons (Fsp3) is 0.429. The van der Waals surface area contributed by atoms with Crippen LogP contribution in [0.25, 0.3) is 0 Å². The lowest BCUT2D eigenvalue weighted by atomic mass is 9.98. The molecular formula is C14H17ClN2O4. The molecule has 1 amide bonds. The number of hydrogen-bond donors (Lipinski definition) is 3. The maximum absolute atomic E-state index is 12.2. The van der Waals surface area contributed by atoms with Crippen LogP contribution in [0.4, 0.5) is 5.69 Å². The summed E-state index contributed by atoms with van der Waals surface area (Å²) < 4.78 is 5.03. The van der Waals surface area contributed by atoms with Crippen molar-refractivity contribution in [1.29, 1.82) is 0 Å². The third-order valence-electron chi connectivity index (χ3n) is 3.45. The van der Waals surface area contributed by atoms with Crippen molar-refractivity contribution < 1.29 is 19.4 Å². The van der Waals surface area contributed by atoms with Gasteiger partial charge in [-0.05, 0) is 25.5 Å². The number of methoxy groups -OCH3 is 1. The summed E-state index contributed by atoms with van der Waals surface area (Å²) in [6, 6.07) is 2.71. The molecule has 2 rings (SSSR count). The molecule has 1 aromatic rings. The average Bonchev–Trinajstić information content (AvgIpc) is 2.49. The number of benzene rings is 1. The van der Waals surface area contributed by atoms with Crippen LogP contribution in [0.5, 0.6) is 5.75 Å². The van der Waals surface area contributed by atoms with Crippen LogP contribution in [0, 0.1) is 5.92 Å². The summed E-state index contributed by atoms with van der Waals surface area (Å²) in [7, 11) is 1.37. The molecule has 6 nitrogen and oxygen atoms in total. The normalized spacial score (nSPS) is 18.1. The first kappa shape index (κ1) is 15.6. The van der Waals surface area contributed by atoms with Gasteiger partial charge in [0.15, 0.2) is 0 Å². The van der Waals surface area contributed by atoms with E-state index in [1.54, 1.807) is 0 Å². The number of halogens is 1. The van der Waals surface area contributed by atoms with Crippen LogP contribution in [0.1, 0.15) is 23.2 Å². The molecule has 1 aromatic carbocycles. The molecule has 114 valence electrons. The van der Waals surface area contributed by atoms with Crippen molar-refractivity contribution in [2.24, 2.45) is 5.92 Å². The monoisotopic (exact) mass is 312 g/mol. The molecule has 1 fully saturated rings. The third-order valence-corrected chi connectivity index (χ3v) is 3.76. The summed E-state index contributed by atoms with van der Waals surface area (Å²) in [6.07, 6.45) is 1.77. The van der Waals surface area contributed by atoms with Crippen LogP contribution < -0.4 is 15.4 Å². The van der Waals surface area contributed by atoms with Crippen molar-refractivity contribution in [3.05, 3.63) is 22.7 Å². The first-order chi connectivity index (χ1) is 10.0. The van der Waals surface area contributed by atoms with E-state index in [0.717, 1.165) is 19.4 Å². The summed E-state index contributed by atoms with van der Waals surface area (Å²) in [5, 5.41) is 15.1. The lowest BCUT2D eigenvalue weighted by Gasteiger charge is -2.22. The van der Waals surface area contributed by atoms with E-state index >= 15 is 0 Å². The second-order valence-corrected chi connectivity index (χ2v) is 5.28. The Morgan fingerprint density at radius 3 is 2.81 bits per heavy atom. The maximum atomic E-state index is 12.2. The van der Waals surface area contributed by atoms with Crippen LogP contribution in [0.2, 0.25) is 5.02 Å². The minimum atomic E-state index is -1.14. The van der Waals surface area contributed by atoms with E-state index in [2.05, 4.69) is 10.6 Å². The molecule has 3 N–H and O–H groups in total. The Kier molecular flexibility index (Phi) is 5.03. The fourth-order valence-electron chi connectivity index (χ4n) is 2.30. The summed E-state index contributed by atoms with van der Waals surface area (Å²) in [5.41, 5.74) is 0.314. The smallest absolute Gasteiger partial charge is 0.339 e. The average molecular weight is 313 g/mol. The van der Waals surface area contributed by atoms with Gasteiger partial charge in [-0.3, -0.25) is 4.79 Å². The molecule has 1 heterocycles. The Labute approximate surface area is 127 Å². The predicted molar refractivity (Wildman–Crippen MR) is 79.2 cm³/mol. The molecular weight excluding hydrogens is 296 g/mol. The van der Waals surface area contributed by atoms with Crippen LogP contribution >= 0.6 is 11.6 Å². The number of rotatable bonds is 4. The zero-order valence-corrected chi connectivity index (χ0v) is 12.4. The molecule has 0 radical (unpaired) electrons. The molecule has 1 aliphatic heterocycles. The zero-order chi connectivity index (χ0) is 15.4. The van der Waals surface area contributed by atoms with Gasteiger partial charge in [0.05, 0.1) is 23.7 Å². The number of carbonyl (C=O) groups is 2. The van der Waals surface area contributed by atoms with E-state index < -0.39 is 5.97 Å². The molecule has 0 bridgehead atoms. The number of carbonyl (C=O) groups excluding carboxylic acids is 1. The fourth-order valence-corrected chi connectivity index (χ4v) is 2.51. The van der Waals surface area contributed by atoms with Crippen molar-refractivity contribution in [3.8, 4) is 5.75 Å². The van der Waals surface area contributed by atoms with E-state index in [1.807, 2.05) is 0 Å². The number of piperidine rings is 1. The van der Waals surface area contributed by atoms with Gasteiger partial charge >= 0.3 is 5.97 Å². The summed E-state index contributed by atoms with van der Waals surface area (Å²) >= 11 is 6.04. The Morgan fingerprint density at radius 1 is 1.48 bits per heavy atom. The van der Waals surface area contributed by atoms with Gasteiger partial charge in [0, 0.05) is 12.6 Å². The van der Waals surface area contributed by atoms with Gasteiger partial charge in [0.1, 0.15) is 11.3 Å². The summed E-state index contributed by atoms with van der Waals surface area (Å²) in [5.74, 6) is -1.22. The van der Waals surface area contributed by atoms with Gasteiger partial charge in [-0.2, -0.15) is 0 Å². The summed E-state index contributed by atoms with van der Waals surface area (Å²) in [4.78, 5) is 23.3. The topological polar surface area (TPSA) is 87.7 Å². The lowest BCUT2D eigenvalue weighted by Crippen LogP contribution is -2.37. The van der Waals surface area contributed by atoms with Gasteiger partial charge in [0.25, 0.3) is 0 Å². The van der Waals surface area contributed by atoms with Gasteiger partial charge in [-0.15, -0.1) is 0 Å². The van der Waals surface area contributed by atoms with E-state index in [4.69, 9.17) is 21.4 Å². The lowest BCUT2D eigenvalue weighted by molar-refractivity contribution is -0.120. The molecule has 1 atom stereocenters. The largest absolute Gasteiger partial charge is 0.496 e. The number of ether oxygens (including phenoxy) is 1. The molecule has 1 aliphatic rings. The van der Waals surface area contributed by atoms with E-state index in [-0.39, 0.29) is 28.2 Å². The Hall–Kier alpha value is -1.79. The second-order valence-electron chi connectivity index (χ2n) is 4.87. The minimum absolute atomic E-state index is 0.0418. The van der Waals surface area contributed by atoms with Crippen molar-refractivity contribution >= 4 is 29.2 Å². The summed E-state index contributed by atoms with van der Waals surface area (Å²) in [6.45, 7) is 1.56. The van der Waals surface area contributed by atoms with Crippen LogP contribution in [0.15, 0.2) is 12.1 Å². The van der Waals surface area contributed by atoms with Gasteiger partial charge in [0.2, 0.25) is 5.91 Å². The van der Waals surface area contributed by atoms with Crippen molar-refractivity contribution in [1.82, 2.24) is 5.32 Å². The molecule has 0 spiro atoms. The number of nitrogens with one attached hydrogen (secondary N) is 2. The highest BCUT2D eigenvalue weighted by Gasteiger charge is 2.22. The molecule has 0 unspecified atom stereocenters. The van der Waals surface area contributed by atoms with Crippen molar-refractivity contribution in [3.63, 3.8) is 0 Å². The van der Waals surface area contributed by atoms with Gasteiger partial charge in [-0.1, -0.05) is 11.6 Å². The molecule has 21 heavy (non-hydrogen) atoms. The van der Waals surface area contributed by atoms with Crippen LogP contribution in [-0.4, -0.2) is 37.2 Å². The highest BCUT2D eigenvalue weighted by molar-refractivity contribution is 6.34. The number of anilines is 1. The van der Waals surface area contributed by atoms with E-state index in [1.165, 1.54) is 19.2 Å². The number of amides is 1. The number of carboxylic acids is 1. The first-order valence-corrected chi connectivity index (χ1v) is 7.03.